The molecule has 0 aromatic heterocycles. The molecular weight excluding hydrogens is 542 g/mol. The molecule has 0 radical (unpaired) electrons. The number of amides is 1. The standard InChI is InChI=1S/C28H26ClN3O6S/c1-4-31-27(33)25(39-28(31)30-20-8-12-22(36-3)13-9-20)16-19-14-23(29)26(24(15-19)37-5-2)38-17-18-6-10-21(11-7-18)32(34)35/h6-16H,4-5,17H2,1-3H3/b25-16+,30-28?. The number of likely N-dealkylation sites (N-methyl/N-ethyl adjacent to an activating group) is 1. The third kappa shape index (κ3) is 6.71. The summed E-state index contributed by atoms with van der Waals surface area (Å²) < 4.78 is 16.9. The van der Waals surface area contributed by atoms with Crippen molar-refractivity contribution in [3.8, 4) is 17.2 Å². The summed E-state index contributed by atoms with van der Waals surface area (Å²) in [5, 5.41) is 11.8. The van der Waals surface area contributed by atoms with Crippen LogP contribution in [0.4, 0.5) is 11.4 Å². The molecule has 1 saturated heterocycles. The fourth-order valence-corrected chi connectivity index (χ4v) is 5.07. The van der Waals surface area contributed by atoms with Crippen LogP contribution in [0.3, 0.4) is 0 Å². The minimum absolute atomic E-state index is 0.00217. The molecule has 0 saturated carbocycles. The van der Waals surface area contributed by atoms with Gasteiger partial charge in [-0.2, -0.15) is 0 Å². The van der Waals surface area contributed by atoms with Crippen molar-refractivity contribution < 1.29 is 23.9 Å². The number of ether oxygens (including phenoxy) is 3. The molecule has 0 aliphatic carbocycles. The summed E-state index contributed by atoms with van der Waals surface area (Å²) in [5.74, 6) is 1.35. The first kappa shape index (κ1) is 28.0. The van der Waals surface area contributed by atoms with Gasteiger partial charge in [0.05, 0.1) is 34.3 Å². The summed E-state index contributed by atoms with van der Waals surface area (Å²) in [6.45, 7) is 4.73. The third-order valence-corrected chi connectivity index (χ3v) is 6.95. The second-order valence-electron chi connectivity index (χ2n) is 8.23. The van der Waals surface area contributed by atoms with Gasteiger partial charge in [0.2, 0.25) is 0 Å². The molecule has 39 heavy (non-hydrogen) atoms. The van der Waals surface area contributed by atoms with Crippen LogP contribution >= 0.6 is 23.4 Å². The maximum atomic E-state index is 13.1. The highest BCUT2D eigenvalue weighted by molar-refractivity contribution is 8.18. The fourth-order valence-electron chi connectivity index (χ4n) is 3.73. The van der Waals surface area contributed by atoms with Crippen molar-refractivity contribution in [2.24, 2.45) is 4.99 Å². The van der Waals surface area contributed by atoms with Crippen molar-refractivity contribution in [3.05, 3.63) is 91.8 Å². The number of methoxy groups -OCH3 is 1. The SMILES string of the molecule is CCOc1cc(/C=C2/SC(=Nc3ccc(OC)cc3)N(CC)C2=O)cc(Cl)c1OCc1ccc([N+](=O)[O-])cc1. The predicted molar refractivity (Wildman–Crippen MR) is 153 cm³/mol. The van der Waals surface area contributed by atoms with E-state index in [0.717, 1.165) is 11.3 Å². The van der Waals surface area contributed by atoms with Crippen LogP contribution in [-0.2, 0) is 11.4 Å². The van der Waals surface area contributed by atoms with Gasteiger partial charge in [-0.05, 0) is 91.3 Å². The van der Waals surface area contributed by atoms with Crippen molar-refractivity contribution in [2.75, 3.05) is 20.3 Å². The van der Waals surface area contributed by atoms with E-state index in [-0.39, 0.29) is 18.2 Å². The summed E-state index contributed by atoms with van der Waals surface area (Å²) >= 11 is 7.87. The molecule has 3 aromatic carbocycles. The van der Waals surface area contributed by atoms with E-state index < -0.39 is 4.92 Å². The first-order valence-corrected chi connectivity index (χ1v) is 13.3. The highest BCUT2D eigenvalue weighted by atomic mass is 35.5. The topological polar surface area (TPSA) is 104 Å². The van der Waals surface area contributed by atoms with Gasteiger partial charge >= 0.3 is 0 Å². The number of thioether (sulfide) groups is 1. The van der Waals surface area contributed by atoms with Crippen molar-refractivity contribution in [1.29, 1.82) is 0 Å². The van der Waals surface area contributed by atoms with Crippen LogP contribution in [0.1, 0.15) is 25.0 Å². The second-order valence-corrected chi connectivity index (χ2v) is 9.64. The summed E-state index contributed by atoms with van der Waals surface area (Å²) in [5.41, 5.74) is 2.12. The molecule has 0 N–H and O–H groups in total. The lowest BCUT2D eigenvalue weighted by molar-refractivity contribution is -0.384. The van der Waals surface area contributed by atoms with Crippen molar-refractivity contribution in [3.63, 3.8) is 0 Å². The van der Waals surface area contributed by atoms with Gasteiger partial charge < -0.3 is 14.2 Å². The molecular formula is C28H26ClN3O6S. The Morgan fingerprint density at radius 3 is 2.41 bits per heavy atom. The molecule has 1 aliphatic rings. The van der Waals surface area contributed by atoms with Gasteiger partial charge in [-0.1, -0.05) is 11.6 Å². The Morgan fingerprint density at radius 1 is 1.08 bits per heavy atom. The number of nitro benzene ring substituents is 1. The van der Waals surface area contributed by atoms with Gasteiger partial charge in [-0.25, -0.2) is 4.99 Å². The molecule has 11 heteroatoms. The normalized spacial score (nSPS) is 15.2. The van der Waals surface area contributed by atoms with Gasteiger partial charge in [-0.15, -0.1) is 0 Å². The van der Waals surface area contributed by atoms with Gasteiger partial charge in [0.15, 0.2) is 16.7 Å². The quantitative estimate of drug-likeness (QED) is 0.150. The summed E-state index contributed by atoms with van der Waals surface area (Å²) in [6.07, 6.45) is 1.75. The molecule has 1 amide bonds. The van der Waals surface area contributed by atoms with Crippen molar-refractivity contribution >= 4 is 51.9 Å². The Hall–Kier alpha value is -4.02. The highest BCUT2D eigenvalue weighted by Gasteiger charge is 2.32. The number of nitro groups is 1. The van der Waals surface area contributed by atoms with Crippen molar-refractivity contribution in [2.45, 2.75) is 20.5 Å². The van der Waals surface area contributed by atoms with E-state index >= 15 is 0 Å². The Balaban J connectivity index is 1.57. The molecule has 0 atom stereocenters. The minimum Gasteiger partial charge on any atom is -0.497 e. The number of amidine groups is 1. The van der Waals surface area contributed by atoms with Gasteiger partial charge in [0, 0.05) is 18.7 Å². The molecule has 1 aliphatic heterocycles. The summed E-state index contributed by atoms with van der Waals surface area (Å²) in [4.78, 5) is 30.3. The van der Waals surface area contributed by atoms with Crippen LogP contribution in [0.15, 0.2) is 70.6 Å². The molecule has 1 fully saturated rings. The zero-order chi connectivity index (χ0) is 27.9. The lowest BCUT2D eigenvalue weighted by Crippen LogP contribution is -2.28. The summed E-state index contributed by atoms with van der Waals surface area (Å²) in [6, 6.07) is 16.8. The molecule has 0 bridgehead atoms. The molecule has 0 spiro atoms. The van der Waals surface area contributed by atoms with Gasteiger partial charge in [0.1, 0.15) is 12.4 Å². The molecule has 3 aromatic rings. The zero-order valence-electron chi connectivity index (χ0n) is 21.5. The smallest absolute Gasteiger partial charge is 0.269 e. The zero-order valence-corrected chi connectivity index (χ0v) is 23.1. The number of nitrogens with zero attached hydrogens (tertiary/aromatic N) is 3. The maximum absolute atomic E-state index is 13.1. The number of non-ortho nitro benzene ring substituents is 1. The predicted octanol–water partition coefficient (Wildman–Crippen LogP) is 6.86. The number of carbonyl (C=O) groups is 1. The Labute approximate surface area is 235 Å². The second kappa shape index (κ2) is 12.7. The van der Waals surface area contributed by atoms with E-state index in [2.05, 4.69) is 4.99 Å². The lowest BCUT2D eigenvalue weighted by Gasteiger charge is -2.15. The minimum atomic E-state index is -0.455. The fraction of sp³-hybridized carbons (Fsp3) is 0.214. The Bertz CT molecular complexity index is 1420. The van der Waals surface area contributed by atoms with E-state index in [1.807, 2.05) is 38.1 Å². The van der Waals surface area contributed by atoms with E-state index in [0.29, 0.717) is 51.0 Å². The molecule has 202 valence electrons. The van der Waals surface area contributed by atoms with Crippen LogP contribution in [-0.4, -0.2) is 41.2 Å². The third-order valence-electron chi connectivity index (χ3n) is 5.66. The van der Waals surface area contributed by atoms with E-state index in [1.165, 1.54) is 23.9 Å². The Morgan fingerprint density at radius 2 is 1.79 bits per heavy atom. The first-order chi connectivity index (χ1) is 18.8. The van der Waals surface area contributed by atoms with E-state index in [4.69, 9.17) is 25.8 Å². The maximum Gasteiger partial charge on any atom is 0.269 e. The van der Waals surface area contributed by atoms with Gasteiger partial charge in [0.25, 0.3) is 11.6 Å². The number of hydrogen-bond donors (Lipinski definition) is 0. The number of hydrogen-bond acceptors (Lipinski definition) is 8. The molecule has 9 nitrogen and oxygen atoms in total. The number of rotatable bonds is 10. The average Bonchev–Trinajstić information content (AvgIpc) is 3.22. The molecule has 4 rings (SSSR count). The largest absolute Gasteiger partial charge is 0.497 e. The number of aliphatic imine (C=N–C) groups is 1. The van der Waals surface area contributed by atoms with Crippen LogP contribution in [0.5, 0.6) is 17.2 Å². The molecule has 0 unspecified atom stereocenters. The number of carbonyl (C=O) groups excluding carboxylic acids is 1. The van der Waals surface area contributed by atoms with E-state index in [9.17, 15) is 14.9 Å². The number of halogens is 1. The van der Waals surface area contributed by atoms with Crippen LogP contribution in [0, 0.1) is 10.1 Å². The van der Waals surface area contributed by atoms with Crippen molar-refractivity contribution in [1.82, 2.24) is 4.90 Å². The van der Waals surface area contributed by atoms with Crippen LogP contribution < -0.4 is 14.2 Å². The molecule has 1 heterocycles. The van der Waals surface area contributed by atoms with E-state index in [1.54, 1.807) is 42.4 Å². The monoisotopic (exact) mass is 567 g/mol. The Kier molecular flexibility index (Phi) is 9.11. The summed E-state index contributed by atoms with van der Waals surface area (Å²) in [7, 11) is 1.60. The van der Waals surface area contributed by atoms with Crippen LogP contribution in [0.2, 0.25) is 5.02 Å². The van der Waals surface area contributed by atoms with Gasteiger partial charge in [-0.3, -0.25) is 19.8 Å². The highest BCUT2D eigenvalue weighted by Crippen LogP contribution is 2.40. The number of benzene rings is 3. The average molecular weight is 568 g/mol. The van der Waals surface area contributed by atoms with Crippen LogP contribution in [0.25, 0.3) is 6.08 Å². The lowest BCUT2D eigenvalue weighted by atomic mass is 10.1. The first-order valence-electron chi connectivity index (χ1n) is 12.1.